The molecule has 0 spiro atoms. The number of carbonyl (C=O) groups excluding carboxylic acids is 2. The predicted octanol–water partition coefficient (Wildman–Crippen LogP) is 2.90. The molecule has 0 fully saturated rings. The van der Waals surface area contributed by atoms with Gasteiger partial charge in [0.25, 0.3) is 5.91 Å². The summed E-state index contributed by atoms with van der Waals surface area (Å²) in [6.45, 7) is 0.180. The number of methoxy groups -OCH3 is 2. The summed E-state index contributed by atoms with van der Waals surface area (Å²) >= 11 is 1.33. The van der Waals surface area contributed by atoms with E-state index in [0.717, 1.165) is 10.6 Å². The van der Waals surface area contributed by atoms with Crippen LogP contribution in [0.4, 0.5) is 5.13 Å². The van der Waals surface area contributed by atoms with Crippen molar-refractivity contribution in [1.29, 1.82) is 0 Å². The topological polar surface area (TPSA) is 102 Å². The standard InChI is InChI=1S/C21H22N4O4S/c1-28-16-11-15(12-17(13-16)29-2)20(27)22-9-8-18(26)23-21-25-24-19(30-21)10-14-6-4-3-5-7-14/h3-7,11-13H,8-10H2,1-2H3,(H,22,27)(H,23,25,26). The average molecular weight is 426 g/mol. The van der Waals surface area contributed by atoms with Crippen LogP contribution >= 0.6 is 11.3 Å². The summed E-state index contributed by atoms with van der Waals surface area (Å²) in [7, 11) is 3.03. The summed E-state index contributed by atoms with van der Waals surface area (Å²) in [6.07, 6.45) is 0.773. The second-order valence-electron chi connectivity index (χ2n) is 6.32. The number of hydrogen-bond acceptors (Lipinski definition) is 7. The van der Waals surface area contributed by atoms with Crippen LogP contribution in [-0.4, -0.2) is 42.8 Å². The Hall–Kier alpha value is -3.46. The van der Waals surface area contributed by atoms with Crippen LogP contribution in [0.5, 0.6) is 11.5 Å². The first-order valence-corrected chi connectivity index (χ1v) is 10.1. The van der Waals surface area contributed by atoms with Gasteiger partial charge in [0.1, 0.15) is 16.5 Å². The quantitative estimate of drug-likeness (QED) is 0.545. The molecule has 0 aliphatic carbocycles. The van der Waals surface area contributed by atoms with E-state index in [9.17, 15) is 9.59 Å². The molecule has 0 bridgehead atoms. The Morgan fingerprint density at radius 2 is 1.70 bits per heavy atom. The van der Waals surface area contributed by atoms with Crippen molar-refractivity contribution >= 4 is 28.3 Å². The fraction of sp³-hybridized carbons (Fsp3) is 0.238. The molecular weight excluding hydrogens is 404 g/mol. The van der Waals surface area contributed by atoms with Crippen molar-refractivity contribution in [3.05, 3.63) is 64.7 Å². The predicted molar refractivity (Wildman–Crippen MR) is 114 cm³/mol. The maximum absolute atomic E-state index is 12.3. The summed E-state index contributed by atoms with van der Waals surface area (Å²) in [5.41, 5.74) is 1.52. The van der Waals surface area contributed by atoms with Gasteiger partial charge in [-0.15, -0.1) is 10.2 Å². The maximum atomic E-state index is 12.3. The van der Waals surface area contributed by atoms with E-state index in [-0.39, 0.29) is 24.8 Å². The molecule has 3 aromatic rings. The van der Waals surface area contributed by atoms with Gasteiger partial charge in [0.2, 0.25) is 11.0 Å². The smallest absolute Gasteiger partial charge is 0.251 e. The molecule has 9 heteroatoms. The minimum Gasteiger partial charge on any atom is -0.497 e. The van der Waals surface area contributed by atoms with Gasteiger partial charge in [0.05, 0.1) is 14.2 Å². The van der Waals surface area contributed by atoms with Crippen LogP contribution in [0.15, 0.2) is 48.5 Å². The Kier molecular flexibility index (Phi) is 7.34. The number of nitrogens with zero attached hydrogens (tertiary/aromatic N) is 2. The average Bonchev–Trinajstić information content (AvgIpc) is 3.20. The Morgan fingerprint density at radius 3 is 2.37 bits per heavy atom. The molecule has 3 rings (SSSR count). The summed E-state index contributed by atoms with van der Waals surface area (Å²) in [5, 5.41) is 14.8. The van der Waals surface area contributed by atoms with Crippen LogP contribution in [0.1, 0.15) is 27.3 Å². The lowest BCUT2D eigenvalue weighted by Gasteiger charge is -2.09. The maximum Gasteiger partial charge on any atom is 0.251 e. The largest absolute Gasteiger partial charge is 0.497 e. The van der Waals surface area contributed by atoms with Crippen molar-refractivity contribution in [2.45, 2.75) is 12.8 Å². The highest BCUT2D eigenvalue weighted by molar-refractivity contribution is 7.15. The SMILES string of the molecule is COc1cc(OC)cc(C(=O)NCCC(=O)Nc2nnc(Cc3ccccc3)s2)c1. The van der Waals surface area contributed by atoms with Gasteiger partial charge >= 0.3 is 0 Å². The van der Waals surface area contributed by atoms with Crippen molar-refractivity contribution in [3.63, 3.8) is 0 Å². The van der Waals surface area contributed by atoms with Gasteiger partial charge in [-0.25, -0.2) is 0 Å². The Bertz CT molecular complexity index is 985. The molecule has 0 atom stereocenters. The zero-order valence-electron chi connectivity index (χ0n) is 16.7. The molecule has 2 aromatic carbocycles. The number of nitrogens with one attached hydrogen (secondary N) is 2. The van der Waals surface area contributed by atoms with E-state index in [4.69, 9.17) is 9.47 Å². The van der Waals surface area contributed by atoms with Crippen molar-refractivity contribution < 1.29 is 19.1 Å². The van der Waals surface area contributed by atoms with Crippen LogP contribution in [0, 0.1) is 0 Å². The summed E-state index contributed by atoms with van der Waals surface area (Å²) < 4.78 is 10.3. The van der Waals surface area contributed by atoms with E-state index in [1.54, 1.807) is 18.2 Å². The first-order chi connectivity index (χ1) is 14.6. The van der Waals surface area contributed by atoms with E-state index in [2.05, 4.69) is 20.8 Å². The second kappa shape index (κ2) is 10.4. The first-order valence-electron chi connectivity index (χ1n) is 9.25. The van der Waals surface area contributed by atoms with Gasteiger partial charge in [-0.1, -0.05) is 41.7 Å². The van der Waals surface area contributed by atoms with Crippen molar-refractivity contribution in [1.82, 2.24) is 15.5 Å². The fourth-order valence-corrected chi connectivity index (χ4v) is 3.45. The molecule has 0 saturated heterocycles. The van der Waals surface area contributed by atoms with Gasteiger partial charge in [-0.2, -0.15) is 0 Å². The molecule has 1 heterocycles. The molecule has 0 saturated carbocycles. The molecule has 0 unspecified atom stereocenters. The molecule has 30 heavy (non-hydrogen) atoms. The number of ether oxygens (including phenoxy) is 2. The van der Waals surface area contributed by atoms with Gasteiger partial charge in [-0.3, -0.25) is 9.59 Å². The molecule has 0 aliphatic heterocycles. The van der Waals surface area contributed by atoms with Crippen molar-refractivity contribution in [2.75, 3.05) is 26.1 Å². The number of benzene rings is 2. The number of aromatic nitrogens is 2. The molecule has 2 amide bonds. The van der Waals surface area contributed by atoms with Gasteiger partial charge < -0.3 is 20.1 Å². The summed E-state index contributed by atoms with van der Waals surface area (Å²) in [6, 6.07) is 14.8. The first kappa shape index (κ1) is 21.3. The Morgan fingerprint density at radius 1 is 1.00 bits per heavy atom. The third-order valence-corrected chi connectivity index (χ3v) is 5.00. The minimum absolute atomic E-state index is 0.112. The van der Waals surface area contributed by atoms with Crippen molar-refractivity contribution in [3.8, 4) is 11.5 Å². The van der Waals surface area contributed by atoms with Gasteiger partial charge in [0.15, 0.2) is 0 Å². The highest BCUT2D eigenvalue weighted by Crippen LogP contribution is 2.22. The highest BCUT2D eigenvalue weighted by atomic mass is 32.1. The third-order valence-electron chi connectivity index (χ3n) is 4.16. The van der Waals surface area contributed by atoms with Crippen molar-refractivity contribution in [2.24, 2.45) is 0 Å². The molecule has 1 aromatic heterocycles. The number of amides is 2. The van der Waals surface area contributed by atoms with Crippen LogP contribution in [0.3, 0.4) is 0 Å². The molecule has 0 aliphatic rings. The summed E-state index contributed by atoms with van der Waals surface area (Å²) in [5.74, 6) is 0.460. The van der Waals surface area contributed by atoms with Crippen LogP contribution in [-0.2, 0) is 11.2 Å². The Balaban J connectivity index is 1.47. The molecule has 156 valence electrons. The van der Waals surface area contributed by atoms with Crippen LogP contribution in [0.2, 0.25) is 0 Å². The minimum atomic E-state index is -0.318. The van der Waals surface area contributed by atoms with E-state index >= 15 is 0 Å². The van der Waals surface area contributed by atoms with E-state index in [0.29, 0.717) is 28.6 Å². The third kappa shape index (κ3) is 6.02. The van der Waals surface area contributed by atoms with Crippen LogP contribution < -0.4 is 20.1 Å². The highest BCUT2D eigenvalue weighted by Gasteiger charge is 2.12. The summed E-state index contributed by atoms with van der Waals surface area (Å²) in [4.78, 5) is 24.5. The zero-order valence-corrected chi connectivity index (χ0v) is 17.5. The number of rotatable bonds is 9. The van der Waals surface area contributed by atoms with Gasteiger partial charge in [-0.05, 0) is 17.7 Å². The number of anilines is 1. The molecule has 8 nitrogen and oxygen atoms in total. The monoisotopic (exact) mass is 426 g/mol. The fourth-order valence-electron chi connectivity index (χ4n) is 2.66. The number of hydrogen-bond donors (Lipinski definition) is 2. The van der Waals surface area contributed by atoms with Gasteiger partial charge in [0, 0.05) is 31.0 Å². The van der Waals surface area contributed by atoms with E-state index in [1.807, 2.05) is 30.3 Å². The van der Waals surface area contributed by atoms with E-state index in [1.165, 1.54) is 25.6 Å². The second-order valence-corrected chi connectivity index (χ2v) is 7.38. The lowest BCUT2D eigenvalue weighted by molar-refractivity contribution is -0.116. The zero-order chi connectivity index (χ0) is 21.3. The molecule has 0 radical (unpaired) electrons. The van der Waals surface area contributed by atoms with E-state index < -0.39 is 0 Å². The lowest BCUT2D eigenvalue weighted by Crippen LogP contribution is -2.27. The Labute approximate surface area is 178 Å². The molecule has 2 N–H and O–H groups in total. The van der Waals surface area contributed by atoms with Crippen LogP contribution in [0.25, 0.3) is 0 Å². The number of carbonyl (C=O) groups is 2. The lowest BCUT2D eigenvalue weighted by atomic mass is 10.2. The normalized spacial score (nSPS) is 10.3. The molecular formula is C21H22N4O4S.